The Morgan fingerprint density at radius 3 is 2.39 bits per heavy atom. The molecule has 0 unspecified atom stereocenters. The second-order valence-electron chi connectivity index (χ2n) is 6.18. The van der Waals surface area contributed by atoms with Gasteiger partial charge in [0.15, 0.2) is 5.96 Å². The van der Waals surface area contributed by atoms with Crippen molar-refractivity contribution in [1.82, 2.24) is 20.4 Å². The Bertz CT molecular complexity index is 879. The number of benzene rings is 2. The van der Waals surface area contributed by atoms with Crippen LogP contribution in [0.25, 0.3) is 5.69 Å². The van der Waals surface area contributed by atoms with Gasteiger partial charge >= 0.3 is 0 Å². The van der Waals surface area contributed by atoms with Crippen molar-refractivity contribution in [2.75, 3.05) is 20.1 Å². The van der Waals surface area contributed by atoms with E-state index < -0.39 is 0 Å². The molecule has 0 fully saturated rings. The lowest BCUT2D eigenvalue weighted by Gasteiger charge is -2.11. The van der Waals surface area contributed by atoms with Crippen molar-refractivity contribution in [2.45, 2.75) is 12.8 Å². The number of hydrogen-bond donors (Lipinski definition) is 2. The van der Waals surface area contributed by atoms with Crippen molar-refractivity contribution in [3.63, 3.8) is 0 Å². The van der Waals surface area contributed by atoms with Gasteiger partial charge in [-0.25, -0.2) is 4.68 Å². The fraction of sp³-hybridized carbons (Fsp3) is 0.238. The maximum atomic E-state index is 6.02. The summed E-state index contributed by atoms with van der Waals surface area (Å²) in [6.07, 6.45) is 5.74. The van der Waals surface area contributed by atoms with Crippen LogP contribution in [0.2, 0.25) is 5.02 Å². The van der Waals surface area contributed by atoms with Crippen LogP contribution in [0.5, 0.6) is 0 Å². The molecule has 148 valence electrons. The van der Waals surface area contributed by atoms with Crippen LogP contribution in [0.3, 0.4) is 0 Å². The third kappa shape index (κ3) is 6.83. The number of hydrogen-bond acceptors (Lipinski definition) is 2. The SMILES string of the molecule is CN=C(NCCc1cccc(Cl)c1)NCCc1cnn(-c2ccccc2)c1.I. The number of nitrogens with one attached hydrogen (secondary N) is 2. The predicted octanol–water partition coefficient (Wildman–Crippen LogP) is 4.09. The molecule has 0 saturated carbocycles. The van der Waals surface area contributed by atoms with Crippen LogP contribution in [0.15, 0.2) is 72.0 Å². The van der Waals surface area contributed by atoms with Gasteiger partial charge in [0.2, 0.25) is 0 Å². The second kappa shape index (κ2) is 11.7. The maximum Gasteiger partial charge on any atom is 0.190 e. The van der Waals surface area contributed by atoms with Crippen molar-refractivity contribution >= 4 is 41.5 Å². The highest BCUT2D eigenvalue weighted by atomic mass is 127. The molecule has 0 atom stereocenters. The van der Waals surface area contributed by atoms with E-state index in [1.807, 2.05) is 59.4 Å². The number of para-hydroxylation sites is 1. The summed E-state index contributed by atoms with van der Waals surface area (Å²) in [5.74, 6) is 0.799. The van der Waals surface area contributed by atoms with Crippen LogP contribution in [-0.4, -0.2) is 35.9 Å². The Balaban J connectivity index is 0.00000280. The summed E-state index contributed by atoms with van der Waals surface area (Å²) in [4.78, 5) is 4.27. The molecule has 0 radical (unpaired) electrons. The lowest BCUT2D eigenvalue weighted by atomic mass is 10.1. The van der Waals surface area contributed by atoms with Gasteiger partial charge in [-0.3, -0.25) is 4.99 Å². The quantitative estimate of drug-likeness (QED) is 0.287. The van der Waals surface area contributed by atoms with E-state index >= 15 is 0 Å². The molecule has 0 amide bonds. The van der Waals surface area contributed by atoms with Crippen LogP contribution < -0.4 is 10.6 Å². The second-order valence-corrected chi connectivity index (χ2v) is 6.62. The minimum atomic E-state index is 0. The molecule has 5 nitrogen and oxygen atoms in total. The Morgan fingerprint density at radius 1 is 1.00 bits per heavy atom. The van der Waals surface area contributed by atoms with E-state index in [0.29, 0.717) is 0 Å². The van der Waals surface area contributed by atoms with Gasteiger partial charge in [-0.2, -0.15) is 5.10 Å². The molecular weight excluding hydrogens is 485 g/mol. The fourth-order valence-electron chi connectivity index (χ4n) is 2.77. The third-order valence-electron chi connectivity index (χ3n) is 4.18. The van der Waals surface area contributed by atoms with Gasteiger partial charge in [0, 0.05) is 31.4 Å². The first-order valence-electron chi connectivity index (χ1n) is 9.02. The van der Waals surface area contributed by atoms with Crippen molar-refractivity contribution in [3.05, 3.63) is 83.1 Å². The van der Waals surface area contributed by atoms with Crippen molar-refractivity contribution in [3.8, 4) is 5.69 Å². The molecule has 0 aliphatic rings. The van der Waals surface area contributed by atoms with E-state index in [-0.39, 0.29) is 24.0 Å². The molecular formula is C21H25ClIN5. The van der Waals surface area contributed by atoms with Crippen molar-refractivity contribution < 1.29 is 0 Å². The van der Waals surface area contributed by atoms with Gasteiger partial charge in [0.25, 0.3) is 0 Å². The zero-order chi connectivity index (χ0) is 18.9. The summed E-state index contributed by atoms with van der Waals surface area (Å²) in [5, 5.41) is 11.9. The van der Waals surface area contributed by atoms with Crippen molar-refractivity contribution in [2.24, 2.45) is 4.99 Å². The van der Waals surface area contributed by atoms with Crippen LogP contribution in [-0.2, 0) is 12.8 Å². The first kappa shape index (κ1) is 22.2. The van der Waals surface area contributed by atoms with Gasteiger partial charge in [-0.1, -0.05) is 41.9 Å². The summed E-state index contributed by atoms with van der Waals surface area (Å²) >= 11 is 6.02. The molecule has 7 heteroatoms. The minimum Gasteiger partial charge on any atom is -0.356 e. The Hall–Kier alpha value is -2.06. The van der Waals surface area contributed by atoms with E-state index in [1.165, 1.54) is 11.1 Å². The van der Waals surface area contributed by atoms with Crippen LogP contribution in [0.4, 0.5) is 0 Å². The lowest BCUT2D eigenvalue weighted by molar-refractivity contribution is 0.784. The number of rotatable bonds is 7. The molecule has 2 aromatic carbocycles. The number of aromatic nitrogens is 2. The first-order valence-corrected chi connectivity index (χ1v) is 9.40. The van der Waals surface area contributed by atoms with Gasteiger partial charge in [0.1, 0.15) is 0 Å². The normalized spacial score (nSPS) is 11.0. The summed E-state index contributed by atoms with van der Waals surface area (Å²) in [6.45, 7) is 1.59. The van der Waals surface area contributed by atoms with Crippen molar-refractivity contribution in [1.29, 1.82) is 0 Å². The van der Waals surface area contributed by atoms with E-state index in [0.717, 1.165) is 42.6 Å². The smallest absolute Gasteiger partial charge is 0.190 e. The van der Waals surface area contributed by atoms with Crippen LogP contribution >= 0.6 is 35.6 Å². The number of guanidine groups is 1. The average molecular weight is 510 g/mol. The Labute approximate surface area is 188 Å². The van der Waals surface area contributed by atoms with Gasteiger partial charge in [-0.15, -0.1) is 24.0 Å². The maximum absolute atomic E-state index is 6.02. The molecule has 1 aromatic heterocycles. The van der Waals surface area contributed by atoms with E-state index in [1.54, 1.807) is 7.05 Å². The Kier molecular flexibility index (Phi) is 9.30. The highest BCUT2D eigenvalue weighted by Crippen LogP contribution is 2.10. The molecule has 0 spiro atoms. The summed E-state index contributed by atoms with van der Waals surface area (Å²) in [7, 11) is 1.78. The van der Waals surface area contributed by atoms with Gasteiger partial charge in [0.05, 0.1) is 11.9 Å². The topological polar surface area (TPSA) is 54.2 Å². The van der Waals surface area contributed by atoms with E-state index in [2.05, 4.69) is 33.0 Å². The highest BCUT2D eigenvalue weighted by Gasteiger charge is 2.02. The molecule has 3 aromatic rings. The average Bonchev–Trinajstić information content (AvgIpc) is 3.16. The predicted molar refractivity (Wildman–Crippen MR) is 127 cm³/mol. The lowest BCUT2D eigenvalue weighted by Crippen LogP contribution is -2.39. The molecule has 0 aliphatic carbocycles. The van der Waals surface area contributed by atoms with E-state index in [4.69, 9.17) is 11.6 Å². The molecule has 3 rings (SSSR count). The van der Waals surface area contributed by atoms with Gasteiger partial charge in [-0.05, 0) is 48.2 Å². The monoisotopic (exact) mass is 509 g/mol. The number of nitrogens with zero attached hydrogens (tertiary/aromatic N) is 3. The molecule has 0 aliphatic heterocycles. The largest absolute Gasteiger partial charge is 0.356 e. The highest BCUT2D eigenvalue weighted by molar-refractivity contribution is 14.0. The fourth-order valence-corrected chi connectivity index (χ4v) is 2.99. The molecule has 0 bridgehead atoms. The van der Waals surface area contributed by atoms with E-state index in [9.17, 15) is 0 Å². The molecule has 0 saturated heterocycles. The third-order valence-corrected chi connectivity index (χ3v) is 4.42. The molecule has 1 heterocycles. The standard InChI is InChI=1S/C21H24ClN5.HI/c1-23-21(24-12-10-17-6-5-7-19(22)14-17)25-13-11-18-15-26-27(16-18)20-8-3-2-4-9-20;/h2-9,14-16H,10-13H2,1H3,(H2,23,24,25);1H. The van der Waals surface area contributed by atoms with Crippen LogP contribution in [0, 0.1) is 0 Å². The number of halogens is 2. The summed E-state index contributed by atoms with van der Waals surface area (Å²) in [6, 6.07) is 18.0. The summed E-state index contributed by atoms with van der Waals surface area (Å²) in [5.41, 5.74) is 3.45. The molecule has 28 heavy (non-hydrogen) atoms. The molecule has 2 N–H and O–H groups in total. The van der Waals surface area contributed by atoms with Crippen LogP contribution in [0.1, 0.15) is 11.1 Å². The Morgan fingerprint density at radius 2 is 1.71 bits per heavy atom. The minimum absolute atomic E-state index is 0. The zero-order valence-corrected chi connectivity index (χ0v) is 18.9. The first-order chi connectivity index (χ1) is 13.2. The number of aliphatic imine (C=N–C) groups is 1. The zero-order valence-electron chi connectivity index (χ0n) is 15.8. The summed E-state index contributed by atoms with van der Waals surface area (Å²) < 4.78 is 1.90. The van der Waals surface area contributed by atoms with Gasteiger partial charge < -0.3 is 10.6 Å².